The minimum absolute atomic E-state index is 0.356. The maximum atomic E-state index is 11.9. The van der Waals surface area contributed by atoms with Gasteiger partial charge in [0.25, 0.3) is 0 Å². The van der Waals surface area contributed by atoms with Crippen molar-refractivity contribution in [3.05, 3.63) is 24.5 Å². The van der Waals surface area contributed by atoms with Gasteiger partial charge in [-0.2, -0.15) is 10.4 Å². The molecular weight excluding hydrogens is 294 g/mol. The summed E-state index contributed by atoms with van der Waals surface area (Å²) in [6.45, 7) is 0.358. The lowest BCUT2D eigenvalue weighted by atomic mass is 9.70. The molecule has 8 heteroatoms. The Bertz CT molecular complexity index is 740. The number of amides is 2. The molecule has 1 aliphatic carbocycles. The van der Waals surface area contributed by atoms with Gasteiger partial charge in [0, 0.05) is 25.4 Å². The summed E-state index contributed by atoms with van der Waals surface area (Å²) in [6, 6.07) is 5.35. The molecule has 2 N–H and O–H groups in total. The number of carbonyl (C=O) groups excluding carboxylic acids is 1. The van der Waals surface area contributed by atoms with Crippen molar-refractivity contribution in [2.24, 2.45) is 12.5 Å². The minimum atomic E-state index is -0.396. The van der Waals surface area contributed by atoms with Gasteiger partial charge in [-0.25, -0.2) is 4.79 Å². The second kappa shape index (κ2) is 6.04. The smallest absolute Gasteiger partial charge is 0.320 e. The number of hydrogen-bond acceptors (Lipinski definition) is 5. The molecule has 8 nitrogen and oxygen atoms in total. The Hall–Kier alpha value is -2.95. The average molecular weight is 311 g/mol. The number of carbonyl (C=O) groups is 1. The summed E-state index contributed by atoms with van der Waals surface area (Å²) in [4.78, 5) is 11.9. The van der Waals surface area contributed by atoms with E-state index in [2.05, 4.69) is 32.0 Å². The van der Waals surface area contributed by atoms with Crippen molar-refractivity contribution >= 4 is 11.8 Å². The van der Waals surface area contributed by atoms with Crippen LogP contribution < -0.4 is 10.6 Å². The lowest BCUT2D eigenvalue weighted by Crippen LogP contribution is -2.42. The molecule has 1 aliphatic rings. The van der Waals surface area contributed by atoms with Crippen LogP contribution in [-0.2, 0) is 7.05 Å². The number of urea groups is 1. The first-order valence-electron chi connectivity index (χ1n) is 7.39. The molecule has 1 saturated carbocycles. The highest BCUT2D eigenvalue weighted by atomic mass is 16.2. The third kappa shape index (κ3) is 3.29. The van der Waals surface area contributed by atoms with Gasteiger partial charge in [0.1, 0.15) is 0 Å². The molecule has 3 rings (SSSR count). The molecule has 2 heterocycles. The summed E-state index contributed by atoms with van der Waals surface area (Å²) in [6.07, 6.45) is 6.25. The van der Waals surface area contributed by atoms with E-state index in [1.807, 2.05) is 13.2 Å². The van der Waals surface area contributed by atoms with E-state index in [1.165, 1.54) is 0 Å². The lowest BCUT2D eigenvalue weighted by molar-refractivity contribution is 0.203. The van der Waals surface area contributed by atoms with Crippen LogP contribution in [-0.4, -0.2) is 32.6 Å². The van der Waals surface area contributed by atoms with Gasteiger partial charge in [-0.05, 0) is 25.0 Å². The molecule has 0 radical (unpaired) electrons. The van der Waals surface area contributed by atoms with Crippen molar-refractivity contribution in [3.63, 3.8) is 0 Å². The van der Waals surface area contributed by atoms with E-state index in [9.17, 15) is 4.79 Å². The highest BCUT2D eigenvalue weighted by molar-refractivity contribution is 5.88. The first-order valence-corrected chi connectivity index (χ1v) is 7.39. The Balaban J connectivity index is 1.56. The fraction of sp³-hybridized carbons (Fsp3) is 0.400. The summed E-state index contributed by atoms with van der Waals surface area (Å²) in [7, 11) is 1.83. The molecule has 2 aromatic rings. The van der Waals surface area contributed by atoms with Crippen molar-refractivity contribution in [3.8, 4) is 17.3 Å². The Kier molecular flexibility index (Phi) is 3.93. The number of aromatic nitrogens is 4. The Morgan fingerprint density at radius 3 is 2.78 bits per heavy atom. The van der Waals surface area contributed by atoms with Gasteiger partial charge < -0.3 is 5.32 Å². The van der Waals surface area contributed by atoms with Gasteiger partial charge in [-0.3, -0.25) is 10.00 Å². The van der Waals surface area contributed by atoms with Crippen molar-refractivity contribution in [2.45, 2.75) is 19.3 Å². The molecule has 0 atom stereocenters. The quantitative estimate of drug-likeness (QED) is 0.893. The monoisotopic (exact) mass is 311 g/mol. The first-order chi connectivity index (χ1) is 11.1. The van der Waals surface area contributed by atoms with Gasteiger partial charge >= 0.3 is 6.03 Å². The van der Waals surface area contributed by atoms with Crippen LogP contribution in [0.2, 0.25) is 0 Å². The normalized spacial score (nSPS) is 15.3. The summed E-state index contributed by atoms with van der Waals surface area (Å²) in [5.74, 6) is 0.356. The van der Waals surface area contributed by atoms with Crippen molar-refractivity contribution in [1.82, 2.24) is 25.3 Å². The fourth-order valence-corrected chi connectivity index (χ4v) is 2.45. The maximum Gasteiger partial charge on any atom is 0.320 e. The van der Waals surface area contributed by atoms with Gasteiger partial charge in [-0.15, -0.1) is 10.2 Å². The number of anilines is 1. The average Bonchev–Trinajstić information content (AvgIpc) is 2.94. The van der Waals surface area contributed by atoms with Crippen molar-refractivity contribution < 1.29 is 4.79 Å². The number of aryl methyl sites for hydroxylation is 1. The van der Waals surface area contributed by atoms with Gasteiger partial charge in [-0.1, -0.05) is 6.42 Å². The van der Waals surface area contributed by atoms with Crippen LogP contribution >= 0.6 is 0 Å². The zero-order valence-electron chi connectivity index (χ0n) is 12.8. The standard InChI is InChI=1S/C15H17N7O/c1-22-8-11(7-18-22)12-3-4-13(21-20-12)19-14(23)17-10-15(9-16)5-2-6-15/h3-4,7-8H,2,5-6,10H2,1H3,(H2,17,19,21,23). The molecule has 0 bridgehead atoms. The second-order valence-corrected chi connectivity index (χ2v) is 5.76. The van der Waals surface area contributed by atoms with Crippen LogP contribution in [0, 0.1) is 16.7 Å². The largest absolute Gasteiger partial charge is 0.336 e. The van der Waals surface area contributed by atoms with E-state index < -0.39 is 5.41 Å². The zero-order chi connectivity index (χ0) is 16.3. The molecular formula is C15H17N7O. The van der Waals surface area contributed by atoms with Crippen LogP contribution in [0.25, 0.3) is 11.3 Å². The van der Waals surface area contributed by atoms with E-state index in [1.54, 1.807) is 23.0 Å². The first kappa shape index (κ1) is 15.0. The van der Waals surface area contributed by atoms with Crippen LogP contribution in [0.15, 0.2) is 24.5 Å². The van der Waals surface area contributed by atoms with E-state index >= 15 is 0 Å². The molecule has 0 unspecified atom stereocenters. The predicted molar refractivity (Wildman–Crippen MR) is 83.2 cm³/mol. The second-order valence-electron chi connectivity index (χ2n) is 5.76. The molecule has 0 spiro atoms. The van der Waals surface area contributed by atoms with Crippen LogP contribution in [0.3, 0.4) is 0 Å². The Morgan fingerprint density at radius 1 is 1.43 bits per heavy atom. The Morgan fingerprint density at radius 2 is 2.26 bits per heavy atom. The van der Waals surface area contributed by atoms with Crippen LogP contribution in [0.4, 0.5) is 10.6 Å². The summed E-state index contributed by atoms with van der Waals surface area (Å²) >= 11 is 0. The summed E-state index contributed by atoms with van der Waals surface area (Å²) < 4.78 is 1.68. The highest BCUT2D eigenvalue weighted by Crippen LogP contribution is 2.39. The molecule has 0 aromatic carbocycles. The fourth-order valence-electron chi connectivity index (χ4n) is 2.45. The molecule has 23 heavy (non-hydrogen) atoms. The van der Waals surface area contributed by atoms with E-state index in [4.69, 9.17) is 5.26 Å². The minimum Gasteiger partial charge on any atom is -0.336 e. The molecule has 0 saturated heterocycles. The van der Waals surface area contributed by atoms with Gasteiger partial charge in [0.2, 0.25) is 0 Å². The Labute approximate surface area is 133 Å². The van der Waals surface area contributed by atoms with Crippen molar-refractivity contribution in [1.29, 1.82) is 5.26 Å². The van der Waals surface area contributed by atoms with Crippen LogP contribution in [0.1, 0.15) is 19.3 Å². The number of nitriles is 1. The van der Waals surface area contributed by atoms with Crippen molar-refractivity contribution in [2.75, 3.05) is 11.9 Å². The highest BCUT2D eigenvalue weighted by Gasteiger charge is 2.37. The van der Waals surface area contributed by atoms with Gasteiger partial charge in [0.05, 0.1) is 23.4 Å². The number of rotatable bonds is 4. The third-order valence-corrected chi connectivity index (χ3v) is 4.04. The molecule has 2 amide bonds. The van der Waals surface area contributed by atoms with Crippen LogP contribution in [0.5, 0.6) is 0 Å². The van der Waals surface area contributed by atoms with E-state index in [-0.39, 0.29) is 6.03 Å². The number of hydrogen-bond donors (Lipinski definition) is 2. The molecule has 0 aliphatic heterocycles. The van der Waals surface area contributed by atoms with Gasteiger partial charge in [0.15, 0.2) is 5.82 Å². The summed E-state index contributed by atoms with van der Waals surface area (Å²) in [5.41, 5.74) is 1.15. The predicted octanol–water partition coefficient (Wildman–Crippen LogP) is 1.69. The molecule has 1 fully saturated rings. The topological polar surface area (TPSA) is 109 Å². The maximum absolute atomic E-state index is 11.9. The number of nitrogens with zero attached hydrogens (tertiary/aromatic N) is 5. The van der Waals surface area contributed by atoms with E-state index in [0.29, 0.717) is 18.1 Å². The zero-order valence-corrected chi connectivity index (χ0v) is 12.8. The summed E-state index contributed by atoms with van der Waals surface area (Å²) in [5, 5.41) is 26.6. The third-order valence-electron chi connectivity index (χ3n) is 4.04. The number of nitrogens with one attached hydrogen (secondary N) is 2. The SMILES string of the molecule is Cn1cc(-c2ccc(NC(=O)NCC3(C#N)CCC3)nn2)cn1. The lowest BCUT2D eigenvalue weighted by Gasteiger charge is -2.34. The molecule has 118 valence electrons. The molecule has 2 aromatic heterocycles. The van der Waals surface area contributed by atoms with E-state index in [0.717, 1.165) is 24.8 Å².